The Morgan fingerprint density at radius 1 is 1.54 bits per heavy atom. The molecule has 1 atom stereocenters. The van der Waals surface area contributed by atoms with Crippen LogP contribution in [0.3, 0.4) is 0 Å². The Morgan fingerprint density at radius 2 is 2.08 bits per heavy atom. The van der Waals surface area contributed by atoms with Gasteiger partial charge in [-0.25, -0.2) is 0 Å². The van der Waals surface area contributed by atoms with Crippen LogP contribution in [0.25, 0.3) is 0 Å². The molecule has 0 aliphatic rings. The van der Waals surface area contributed by atoms with Crippen molar-refractivity contribution in [3.63, 3.8) is 0 Å². The molecular weight excluding hydrogens is 168 g/mol. The van der Waals surface area contributed by atoms with Crippen LogP contribution in [0.2, 0.25) is 0 Å². The van der Waals surface area contributed by atoms with Crippen LogP contribution in [-0.4, -0.2) is 42.2 Å². The summed E-state index contributed by atoms with van der Waals surface area (Å²) in [7, 11) is 1.68. The highest BCUT2D eigenvalue weighted by Gasteiger charge is 2.17. The molecule has 0 spiro atoms. The van der Waals surface area contributed by atoms with Crippen LogP contribution in [0.4, 0.5) is 0 Å². The second-order valence-electron chi connectivity index (χ2n) is 3.69. The number of hydrogen-bond acceptors (Lipinski definition) is 3. The Balaban J connectivity index is 3.82. The van der Waals surface area contributed by atoms with Crippen LogP contribution in [0, 0.1) is 5.92 Å². The topological polar surface area (TPSA) is 66.6 Å². The fourth-order valence-corrected chi connectivity index (χ4v) is 0.917. The lowest BCUT2D eigenvalue weighted by atomic mass is 10.1. The Morgan fingerprint density at radius 3 is 2.46 bits per heavy atom. The molecule has 0 aromatic heterocycles. The second kappa shape index (κ2) is 5.94. The Kier molecular flexibility index (Phi) is 5.66. The minimum absolute atomic E-state index is 0.00908. The highest BCUT2D eigenvalue weighted by molar-refractivity contribution is 5.80. The first-order valence-corrected chi connectivity index (χ1v) is 4.62. The third-order valence-corrected chi connectivity index (χ3v) is 1.93. The molecule has 4 nitrogen and oxygen atoms in total. The molecule has 0 heterocycles. The molecule has 0 radical (unpaired) electrons. The minimum Gasteiger partial charge on any atom is -0.382 e. The number of aliphatic hydroxyl groups excluding tert-OH is 1. The number of nitrogens with two attached hydrogens (primary N) is 1. The van der Waals surface area contributed by atoms with E-state index in [0.29, 0.717) is 12.5 Å². The average molecular weight is 188 g/mol. The van der Waals surface area contributed by atoms with E-state index in [9.17, 15) is 4.79 Å². The van der Waals surface area contributed by atoms with Crippen molar-refractivity contribution < 1.29 is 9.90 Å². The first kappa shape index (κ1) is 12.4. The molecular formula is C9H20N2O2. The minimum atomic E-state index is -1.04. The molecule has 78 valence electrons. The summed E-state index contributed by atoms with van der Waals surface area (Å²) in [5.41, 5.74) is 5.17. The van der Waals surface area contributed by atoms with Crippen LogP contribution in [0.1, 0.15) is 20.3 Å². The summed E-state index contributed by atoms with van der Waals surface area (Å²) in [6.07, 6.45) is -0.100. The van der Waals surface area contributed by atoms with E-state index in [4.69, 9.17) is 10.8 Å². The van der Waals surface area contributed by atoms with Crippen LogP contribution < -0.4 is 5.73 Å². The number of carbonyl (C=O) groups excluding carboxylic acids is 1. The lowest BCUT2D eigenvalue weighted by Crippen LogP contribution is -2.41. The molecule has 0 aliphatic carbocycles. The van der Waals surface area contributed by atoms with E-state index in [-0.39, 0.29) is 12.5 Å². The first-order chi connectivity index (χ1) is 5.99. The smallest absolute Gasteiger partial charge is 0.252 e. The van der Waals surface area contributed by atoms with E-state index in [0.717, 1.165) is 6.42 Å². The number of likely N-dealkylation sites (N-methyl/N-ethyl adjacent to an activating group) is 1. The van der Waals surface area contributed by atoms with Gasteiger partial charge in [0.25, 0.3) is 5.91 Å². The van der Waals surface area contributed by atoms with Gasteiger partial charge in [-0.1, -0.05) is 13.8 Å². The van der Waals surface area contributed by atoms with Crippen molar-refractivity contribution in [3.05, 3.63) is 0 Å². The normalized spacial score (nSPS) is 13.1. The fraction of sp³-hybridized carbons (Fsp3) is 0.889. The van der Waals surface area contributed by atoms with Crippen LogP contribution in [0.15, 0.2) is 0 Å². The van der Waals surface area contributed by atoms with Crippen molar-refractivity contribution in [2.45, 2.75) is 26.4 Å². The number of hydrogen-bond donors (Lipinski definition) is 2. The molecule has 0 fully saturated rings. The molecule has 0 saturated heterocycles. The second-order valence-corrected chi connectivity index (χ2v) is 3.69. The van der Waals surface area contributed by atoms with Gasteiger partial charge in [-0.2, -0.15) is 0 Å². The number of rotatable bonds is 5. The summed E-state index contributed by atoms with van der Waals surface area (Å²) >= 11 is 0. The zero-order valence-corrected chi connectivity index (χ0v) is 8.66. The van der Waals surface area contributed by atoms with Crippen LogP contribution in [0.5, 0.6) is 0 Å². The van der Waals surface area contributed by atoms with Crippen molar-refractivity contribution in [3.8, 4) is 0 Å². The zero-order chi connectivity index (χ0) is 10.4. The van der Waals surface area contributed by atoms with Crippen molar-refractivity contribution in [1.29, 1.82) is 0 Å². The maximum absolute atomic E-state index is 11.3. The van der Waals surface area contributed by atoms with Gasteiger partial charge < -0.3 is 15.7 Å². The Bertz CT molecular complexity index is 160. The summed E-state index contributed by atoms with van der Waals surface area (Å²) in [6, 6.07) is 0. The molecule has 1 unspecified atom stereocenters. The third-order valence-electron chi connectivity index (χ3n) is 1.93. The van der Waals surface area contributed by atoms with E-state index >= 15 is 0 Å². The standard InChI is InChI=1S/C9H20N2O2/c1-7(2)4-5-11(3)9(13)8(12)6-10/h7-8,12H,4-6,10H2,1-3H3. The molecule has 0 aromatic carbocycles. The van der Waals surface area contributed by atoms with Crippen molar-refractivity contribution >= 4 is 5.91 Å². The predicted octanol–water partition coefficient (Wildman–Crippen LogP) is -0.189. The molecule has 0 aliphatic heterocycles. The van der Waals surface area contributed by atoms with Crippen molar-refractivity contribution in [2.24, 2.45) is 11.7 Å². The van der Waals surface area contributed by atoms with Gasteiger partial charge in [-0.3, -0.25) is 4.79 Å². The summed E-state index contributed by atoms with van der Waals surface area (Å²) in [5.74, 6) is 0.272. The maximum atomic E-state index is 11.3. The third kappa shape index (κ3) is 4.85. The molecule has 0 aromatic rings. The molecule has 0 rings (SSSR count). The van der Waals surface area contributed by atoms with Crippen LogP contribution in [-0.2, 0) is 4.79 Å². The monoisotopic (exact) mass is 188 g/mol. The number of nitrogens with zero attached hydrogens (tertiary/aromatic N) is 1. The molecule has 0 bridgehead atoms. The number of carbonyl (C=O) groups is 1. The summed E-state index contributed by atoms with van der Waals surface area (Å²) in [6.45, 7) is 4.85. The van der Waals surface area contributed by atoms with Gasteiger partial charge in [0.2, 0.25) is 0 Å². The summed E-state index contributed by atoms with van der Waals surface area (Å²) < 4.78 is 0. The van der Waals surface area contributed by atoms with Gasteiger partial charge in [0, 0.05) is 20.1 Å². The molecule has 0 saturated carbocycles. The fourth-order valence-electron chi connectivity index (χ4n) is 0.917. The molecule has 3 N–H and O–H groups in total. The van der Waals surface area contributed by atoms with E-state index in [1.54, 1.807) is 7.05 Å². The van der Waals surface area contributed by atoms with Crippen molar-refractivity contribution in [1.82, 2.24) is 4.90 Å². The highest BCUT2D eigenvalue weighted by Crippen LogP contribution is 2.01. The molecule has 13 heavy (non-hydrogen) atoms. The molecule has 1 amide bonds. The summed E-state index contributed by atoms with van der Waals surface area (Å²) in [5, 5.41) is 9.15. The van der Waals surface area contributed by atoms with Crippen molar-refractivity contribution in [2.75, 3.05) is 20.1 Å². The van der Waals surface area contributed by atoms with Gasteiger partial charge in [0.15, 0.2) is 0 Å². The Labute approximate surface area is 79.7 Å². The number of amides is 1. The van der Waals surface area contributed by atoms with Gasteiger partial charge in [0.1, 0.15) is 6.10 Å². The van der Waals surface area contributed by atoms with Gasteiger partial charge in [0.05, 0.1) is 0 Å². The number of aliphatic hydroxyl groups is 1. The van der Waals surface area contributed by atoms with E-state index < -0.39 is 6.10 Å². The lowest BCUT2D eigenvalue weighted by molar-refractivity contribution is -0.138. The SMILES string of the molecule is CC(C)CCN(C)C(=O)C(O)CN. The maximum Gasteiger partial charge on any atom is 0.252 e. The van der Waals surface area contributed by atoms with E-state index in [2.05, 4.69) is 13.8 Å². The highest BCUT2D eigenvalue weighted by atomic mass is 16.3. The van der Waals surface area contributed by atoms with E-state index in [1.807, 2.05) is 0 Å². The first-order valence-electron chi connectivity index (χ1n) is 4.62. The summed E-state index contributed by atoms with van der Waals surface area (Å²) in [4.78, 5) is 12.8. The molecule has 4 heteroatoms. The predicted molar refractivity (Wildman–Crippen MR) is 52.2 cm³/mol. The largest absolute Gasteiger partial charge is 0.382 e. The van der Waals surface area contributed by atoms with E-state index in [1.165, 1.54) is 4.90 Å². The zero-order valence-electron chi connectivity index (χ0n) is 8.66. The quantitative estimate of drug-likeness (QED) is 0.628. The van der Waals surface area contributed by atoms with Gasteiger partial charge in [-0.15, -0.1) is 0 Å². The Hall–Kier alpha value is -0.610. The van der Waals surface area contributed by atoms with Crippen LogP contribution >= 0.6 is 0 Å². The van der Waals surface area contributed by atoms with Gasteiger partial charge in [-0.05, 0) is 12.3 Å². The average Bonchev–Trinajstić information content (AvgIpc) is 2.11. The lowest BCUT2D eigenvalue weighted by Gasteiger charge is -2.20. The van der Waals surface area contributed by atoms with Gasteiger partial charge >= 0.3 is 0 Å².